The molecule has 0 spiro atoms. The first-order valence-electron chi connectivity index (χ1n) is 5.81. The number of aromatic amines is 1. The summed E-state index contributed by atoms with van der Waals surface area (Å²) >= 11 is 3.33. The van der Waals surface area contributed by atoms with Crippen molar-refractivity contribution in [3.63, 3.8) is 0 Å². The molecule has 0 saturated heterocycles. The Kier molecular flexibility index (Phi) is 3.15. The van der Waals surface area contributed by atoms with Gasteiger partial charge in [-0.25, -0.2) is 4.79 Å². The van der Waals surface area contributed by atoms with E-state index in [2.05, 4.69) is 26.2 Å². The third-order valence-electron chi connectivity index (χ3n) is 2.79. The van der Waals surface area contributed by atoms with Crippen LogP contribution in [-0.4, -0.2) is 10.9 Å². The average molecular weight is 333 g/mol. The molecule has 20 heavy (non-hydrogen) atoms. The molecule has 2 N–H and O–H groups in total. The standard InChI is InChI=1S/C14H9BrN2O3/c15-9-2-4-10(5-3-9)16-13(18)8-1-6-11-12(7-8)20-14(19)17-11/h1-7H,(H,16,18)(H,17,19). The van der Waals surface area contributed by atoms with E-state index in [-0.39, 0.29) is 5.91 Å². The van der Waals surface area contributed by atoms with Gasteiger partial charge >= 0.3 is 5.76 Å². The molecule has 0 atom stereocenters. The van der Waals surface area contributed by atoms with Gasteiger partial charge < -0.3 is 9.73 Å². The van der Waals surface area contributed by atoms with Crippen molar-refractivity contribution < 1.29 is 9.21 Å². The van der Waals surface area contributed by atoms with Gasteiger partial charge in [0.15, 0.2) is 5.58 Å². The largest absolute Gasteiger partial charge is 0.417 e. The summed E-state index contributed by atoms with van der Waals surface area (Å²) in [7, 11) is 0. The molecule has 0 aliphatic heterocycles. The molecule has 1 heterocycles. The molecule has 100 valence electrons. The average Bonchev–Trinajstić information content (AvgIpc) is 2.80. The Hall–Kier alpha value is -2.34. The number of halogens is 1. The summed E-state index contributed by atoms with van der Waals surface area (Å²) in [5, 5.41) is 2.77. The fourth-order valence-corrected chi connectivity index (χ4v) is 2.09. The lowest BCUT2D eigenvalue weighted by molar-refractivity contribution is 0.102. The molecule has 3 rings (SSSR count). The van der Waals surface area contributed by atoms with Crippen LogP contribution in [0.4, 0.5) is 5.69 Å². The van der Waals surface area contributed by atoms with Crippen molar-refractivity contribution >= 4 is 38.6 Å². The lowest BCUT2D eigenvalue weighted by Gasteiger charge is -2.05. The predicted molar refractivity (Wildman–Crippen MR) is 78.9 cm³/mol. The topological polar surface area (TPSA) is 75.1 Å². The van der Waals surface area contributed by atoms with E-state index in [1.165, 1.54) is 6.07 Å². The first-order valence-corrected chi connectivity index (χ1v) is 6.61. The number of carbonyl (C=O) groups excluding carboxylic acids is 1. The third-order valence-corrected chi connectivity index (χ3v) is 3.31. The van der Waals surface area contributed by atoms with Gasteiger partial charge in [0.25, 0.3) is 5.91 Å². The van der Waals surface area contributed by atoms with Crippen LogP contribution in [0.5, 0.6) is 0 Å². The van der Waals surface area contributed by atoms with Crippen LogP contribution in [-0.2, 0) is 0 Å². The second kappa shape index (κ2) is 4.97. The second-order valence-electron chi connectivity index (χ2n) is 4.19. The molecule has 0 unspecified atom stereocenters. The lowest BCUT2D eigenvalue weighted by Crippen LogP contribution is -2.11. The lowest BCUT2D eigenvalue weighted by atomic mass is 10.2. The number of aromatic nitrogens is 1. The predicted octanol–water partition coefficient (Wildman–Crippen LogP) is 3.14. The van der Waals surface area contributed by atoms with Crippen LogP contribution in [0.3, 0.4) is 0 Å². The number of rotatable bonds is 2. The van der Waals surface area contributed by atoms with E-state index < -0.39 is 5.76 Å². The minimum absolute atomic E-state index is 0.266. The molecule has 6 heteroatoms. The summed E-state index contributed by atoms with van der Waals surface area (Å²) in [6.45, 7) is 0. The molecule has 5 nitrogen and oxygen atoms in total. The van der Waals surface area contributed by atoms with Gasteiger partial charge in [-0.05, 0) is 42.5 Å². The number of fused-ring (bicyclic) bond motifs is 1. The van der Waals surface area contributed by atoms with Crippen LogP contribution in [0.1, 0.15) is 10.4 Å². The van der Waals surface area contributed by atoms with Crippen molar-refractivity contribution in [2.75, 3.05) is 5.32 Å². The van der Waals surface area contributed by atoms with E-state index in [1.807, 2.05) is 12.1 Å². The highest BCUT2D eigenvalue weighted by molar-refractivity contribution is 9.10. The van der Waals surface area contributed by atoms with Gasteiger partial charge in [-0.1, -0.05) is 15.9 Å². The van der Waals surface area contributed by atoms with Crippen molar-refractivity contribution in [3.8, 4) is 0 Å². The molecular weight excluding hydrogens is 324 g/mol. The van der Waals surface area contributed by atoms with Crippen LogP contribution < -0.4 is 11.1 Å². The van der Waals surface area contributed by atoms with Gasteiger partial charge in [-0.2, -0.15) is 0 Å². The number of anilines is 1. The maximum absolute atomic E-state index is 12.1. The van der Waals surface area contributed by atoms with E-state index in [0.717, 1.165) is 4.47 Å². The summed E-state index contributed by atoms with van der Waals surface area (Å²) in [5.74, 6) is -0.802. The van der Waals surface area contributed by atoms with E-state index in [4.69, 9.17) is 4.42 Å². The number of amides is 1. The van der Waals surface area contributed by atoms with E-state index in [0.29, 0.717) is 22.4 Å². The van der Waals surface area contributed by atoms with Gasteiger partial charge in [0.05, 0.1) is 5.52 Å². The number of carbonyl (C=O) groups is 1. The van der Waals surface area contributed by atoms with E-state index in [9.17, 15) is 9.59 Å². The van der Waals surface area contributed by atoms with Crippen molar-refractivity contribution in [1.29, 1.82) is 0 Å². The Morgan fingerprint density at radius 3 is 2.65 bits per heavy atom. The van der Waals surface area contributed by atoms with Crippen molar-refractivity contribution in [1.82, 2.24) is 4.98 Å². The molecule has 0 radical (unpaired) electrons. The fraction of sp³-hybridized carbons (Fsp3) is 0. The van der Waals surface area contributed by atoms with Crippen molar-refractivity contribution in [2.45, 2.75) is 0 Å². The van der Waals surface area contributed by atoms with Crippen molar-refractivity contribution in [3.05, 3.63) is 63.1 Å². The monoisotopic (exact) mass is 332 g/mol. The molecule has 0 aliphatic carbocycles. The number of H-pyrrole nitrogens is 1. The molecule has 2 aromatic carbocycles. The number of oxazole rings is 1. The zero-order chi connectivity index (χ0) is 14.1. The highest BCUT2D eigenvalue weighted by Gasteiger charge is 2.09. The second-order valence-corrected chi connectivity index (χ2v) is 5.10. The highest BCUT2D eigenvalue weighted by atomic mass is 79.9. The summed E-state index contributed by atoms with van der Waals surface area (Å²) < 4.78 is 5.86. The molecule has 1 amide bonds. The van der Waals surface area contributed by atoms with Crippen LogP contribution in [0, 0.1) is 0 Å². The Morgan fingerprint density at radius 1 is 1.15 bits per heavy atom. The number of nitrogens with one attached hydrogen (secondary N) is 2. The Bertz CT molecular complexity index is 833. The van der Waals surface area contributed by atoms with Crippen molar-refractivity contribution in [2.24, 2.45) is 0 Å². The summed E-state index contributed by atoms with van der Waals surface area (Å²) in [6.07, 6.45) is 0. The first-order chi connectivity index (χ1) is 9.61. The molecule has 3 aromatic rings. The minimum Gasteiger partial charge on any atom is -0.408 e. The Balaban J connectivity index is 1.88. The maximum Gasteiger partial charge on any atom is 0.417 e. The van der Waals surface area contributed by atoms with Gasteiger partial charge in [0.1, 0.15) is 0 Å². The Labute approximate surface area is 121 Å². The first kappa shape index (κ1) is 12.7. The van der Waals surface area contributed by atoms with Crippen LogP contribution in [0.2, 0.25) is 0 Å². The van der Waals surface area contributed by atoms with Crippen LogP contribution in [0.25, 0.3) is 11.1 Å². The van der Waals surface area contributed by atoms with Gasteiger partial charge in [-0.15, -0.1) is 0 Å². The summed E-state index contributed by atoms with van der Waals surface area (Å²) in [4.78, 5) is 25.7. The van der Waals surface area contributed by atoms with E-state index in [1.54, 1.807) is 24.3 Å². The van der Waals surface area contributed by atoms with Gasteiger partial charge in [-0.3, -0.25) is 9.78 Å². The smallest absolute Gasteiger partial charge is 0.408 e. The molecule has 0 fully saturated rings. The van der Waals surface area contributed by atoms with Gasteiger partial charge in [0, 0.05) is 15.7 Å². The third kappa shape index (κ3) is 2.50. The normalized spacial score (nSPS) is 10.7. The molecule has 0 aliphatic rings. The maximum atomic E-state index is 12.1. The number of benzene rings is 2. The Morgan fingerprint density at radius 2 is 1.90 bits per heavy atom. The zero-order valence-corrected chi connectivity index (χ0v) is 11.7. The molecule has 0 saturated carbocycles. The zero-order valence-electron chi connectivity index (χ0n) is 10.1. The van der Waals surface area contributed by atoms with Gasteiger partial charge in [0.2, 0.25) is 0 Å². The number of hydrogen-bond donors (Lipinski definition) is 2. The fourth-order valence-electron chi connectivity index (χ4n) is 1.82. The summed E-state index contributed by atoms with van der Waals surface area (Å²) in [5.41, 5.74) is 2.03. The quantitative estimate of drug-likeness (QED) is 0.757. The summed E-state index contributed by atoms with van der Waals surface area (Å²) in [6, 6.07) is 12.0. The number of hydrogen-bond acceptors (Lipinski definition) is 3. The SMILES string of the molecule is O=C(Nc1ccc(Br)cc1)c1ccc2[nH]c(=O)oc2c1. The highest BCUT2D eigenvalue weighted by Crippen LogP contribution is 2.17. The molecule has 1 aromatic heterocycles. The van der Waals surface area contributed by atoms with Crippen LogP contribution in [0.15, 0.2) is 56.1 Å². The molecule has 0 bridgehead atoms. The van der Waals surface area contributed by atoms with E-state index >= 15 is 0 Å². The molecular formula is C14H9BrN2O3. The van der Waals surface area contributed by atoms with Crippen LogP contribution >= 0.6 is 15.9 Å². The minimum atomic E-state index is -0.537.